The summed E-state index contributed by atoms with van der Waals surface area (Å²) in [5.74, 6) is -0.811. The van der Waals surface area contributed by atoms with Gasteiger partial charge in [-0.2, -0.15) is 9.61 Å². The summed E-state index contributed by atoms with van der Waals surface area (Å²) in [6, 6.07) is 4.37. The van der Waals surface area contributed by atoms with Crippen molar-refractivity contribution in [2.45, 2.75) is 10.8 Å². The van der Waals surface area contributed by atoms with Crippen LogP contribution in [0.25, 0.3) is 4.96 Å². The van der Waals surface area contributed by atoms with Gasteiger partial charge in [-0.3, -0.25) is 4.79 Å². The molecule has 0 amide bonds. The van der Waals surface area contributed by atoms with Crippen LogP contribution in [-0.2, 0) is 5.75 Å². The summed E-state index contributed by atoms with van der Waals surface area (Å²) in [5.41, 5.74) is 1.90. The first-order chi connectivity index (χ1) is 9.63. The van der Waals surface area contributed by atoms with Crippen molar-refractivity contribution < 1.29 is 14.3 Å². The molecule has 0 radical (unpaired) electrons. The van der Waals surface area contributed by atoms with E-state index in [1.807, 2.05) is 0 Å². The van der Waals surface area contributed by atoms with Gasteiger partial charge in [0, 0.05) is 11.8 Å². The molecule has 1 N–H and O–H groups in total. The van der Waals surface area contributed by atoms with Crippen LogP contribution in [0, 0.1) is 0 Å². The lowest BCUT2D eigenvalue weighted by molar-refractivity contribution is 0.0656. The lowest BCUT2D eigenvalue weighted by Crippen LogP contribution is -2.14. The molecule has 0 atom stereocenters. The van der Waals surface area contributed by atoms with E-state index in [-0.39, 0.29) is 11.3 Å². The Hall–Kier alpha value is -2.13. The molecule has 0 unspecified atom stereocenters. The maximum Gasteiger partial charge on any atom is 0.371 e. The zero-order chi connectivity index (χ0) is 14.1. The highest BCUT2D eigenvalue weighted by Crippen LogP contribution is 2.24. The minimum absolute atomic E-state index is 0.113. The molecule has 9 heteroatoms. The number of furan rings is 1. The third kappa shape index (κ3) is 2.45. The van der Waals surface area contributed by atoms with E-state index >= 15 is 0 Å². The summed E-state index contributed by atoms with van der Waals surface area (Å²) in [6.07, 6.45) is 0. The van der Waals surface area contributed by atoms with Crippen LogP contribution in [0.1, 0.15) is 16.2 Å². The molecule has 0 aliphatic carbocycles. The summed E-state index contributed by atoms with van der Waals surface area (Å²) in [5, 5.41) is 13.1. The Morgan fingerprint density at radius 3 is 3.10 bits per heavy atom. The standard InChI is InChI=1S/C11H7N3O4S2/c15-8-3-6(13-11-14(8)12-5-20-11)4-19-9-2-1-7(18-9)10(16)17/h1-3,5H,4H2,(H,16,17). The van der Waals surface area contributed by atoms with Crippen molar-refractivity contribution in [1.29, 1.82) is 0 Å². The number of rotatable bonds is 4. The molecule has 0 fully saturated rings. The Labute approximate surface area is 119 Å². The third-order valence-electron chi connectivity index (χ3n) is 2.39. The van der Waals surface area contributed by atoms with Gasteiger partial charge in [-0.15, -0.1) is 0 Å². The first kappa shape index (κ1) is 12.9. The third-order valence-corrected chi connectivity index (χ3v) is 4.01. The number of fused-ring (bicyclic) bond motifs is 1. The lowest BCUT2D eigenvalue weighted by Gasteiger charge is -1.98. The molecule has 0 bridgehead atoms. The molecular weight excluding hydrogens is 302 g/mol. The first-order valence-electron chi connectivity index (χ1n) is 5.42. The second kappa shape index (κ2) is 5.10. The van der Waals surface area contributed by atoms with E-state index in [1.165, 1.54) is 39.7 Å². The van der Waals surface area contributed by atoms with Gasteiger partial charge in [-0.05, 0) is 12.1 Å². The van der Waals surface area contributed by atoms with Crippen molar-refractivity contribution in [3.63, 3.8) is 0 Å². The van der Waals surface area contributed by atoms with Gasteiger partial charge >= 0.3 is 5.97 Å². The van der Waals surface area contributed by atoms with Gasteiger partial charge in [0.05, 0.1) is 5.69 Å². The number of hydrogen-bond acceptors (Lipinski definition) is 7. The average molecular weight is 309 g/mol. The highest BCUT2D eigenvalue weighted by Gasteiger charge is 2.10. The van der Waals surface area contributed by atoms with Gasteiger partial charge in [0.1, 0.15) is 5.51 Å². The van der Waals surface area contributed by atoms with E-state index in [1.54, 1.807) is 11.6 Å². The fourth-order valence-electron chi connectivity index (χ4n) is 1.53. The van der Waals surface area contributed by atoms with Crippen molar-refractivity contribution in [3.8, 4) is 0 Å². The molecule has 3 rings (SSSR count). The van der Waals surface area contributed by atoms with E-state index in [4.69, 9.17) is 9.52 Å². The average Bonchev–Trinajstić information content (AvgIpc) is 3.05. The summed E-state index contributed by atoms with van der Waals surface area (Å²) in [7, 11) is 0. The molecule has 0 aliphatic rings. The van der Waals surface area contributed by atoms with Gasteiger partial charge in [-0.25, -0.2) is 9.78 Å². The molecular formula is C11H7N3O4S2. The largest absolute Gasteiger partial charge is 0.475 e. The highest BCUT2D eigenvalue weighted by atomic mass is 32.2. The van der Waals surface area contributed by atoms with Crippen LogP contribution >= 0.6 is 23.1 Å². The number of hydrogen-bond donors (Lipinski definition) is 1. The van der Waals surface area contributed by atoms with Gasteiger partial charge in [0.25, 0.3) is 5.56 Å². The SMILES string of the molecule is O=C(O)c1ccc(SCc2cc(=O)n3ncsc3n2)o1. The van der Waals surface area contributed by atoms with Crippen LogP contribution < -0.4 is 5.56 Å². The fourth-order valence-corrected chi connectivity index (χ4v) is 2.93. The summed E-state index contributed by atoms with van der Waals surface area (Å²) >= 11 is 2.55. The van der Waals surface area contributed by atoms with Crippen LogP contribution in [0.15, 0.2) is 38.0 Å². The highest BCUT2D eigenvalue weighted by molar-refractivity contribution is 7.98. The van der Waals surface area contributed by atoms with E-state index in [2.05, 4.69) is 10.1 Å². The molecule has 102 valence electrons. The van der Waals surface area contributed by atoms with E-state index in [0.29, 0.717) is 21.5 Å². The number of nitrogens with zero attached hydrogens (tertiary/aromatic N) is 3. The smallest absolute Gasteiger partial charge is 0.371 e. The van der Waals surface area contributed by atoms with Crippen molar-refractivity contribution >= 4 is 34.0 Å². The lowest BCUT2D eigenvalue weighted by atomic mass is 10.4. The van der Waals surface area contributed by atoms with Gasteiger partial charge in [0.2, 0.25) is 10.7 Å². The zero-order valence-electron chi connectivity index (χ0n) is 9.85. The summed E-state index contributed by atoms with van der Waals surface area (Å²) in [6.45, 7) is 0. The molecule has 0 spiro atoms. The zero-order valence-corrected chi connectivity index (χ0v) is 11.5. The van der Waals surface area contributed by atoms with Crippen molar-refractivity contribution in [2.75, 3.05) is 0 Å². The van der Waals surface area contributed by atoms with Crippen molar-refractivity contribution in [2.24, 2.45) is 0 Å². The number of carbonyl (C=O) groups is 1. The minimum Gasteiger partial charge on any atom is -0.475 e. The van der Waals surface area contributed by atoms with Gasteiger partial charge < -0.3 is 9.52 Å². The molecule has 0 aromatic carbocycles. The normalized spacial score (nSPS) is 11.0. The number of aromatic nitrogens is 3. The predicted molar refractivity (Wildman–Crippen MR) is 72.4 cm³/mol. The Bertz CT molecular complexity index is 835. The van der Waals surface area contributed by atoms with E-state index in [9.17, 15) is 9.59 Å². The molecule has 3 aromatic heterocycles. The second-order valence-corrected chi connectivity index (χ2v) is 5.52. The monoisotopic (exact) mass is 309 g/mol. The van der Waals surface area contributed by atoms with Crippen molar-refractivity contribution in [3.05, 3.63) is 45.5 Å². The molecule has 0 aliphatic heterocycles. The van der Waals surface area contributed by atoms with Crippen LogP contribution in [-0.4, -0.2) is 25.7 Å². The van der Waals surface area contributed by atoms with Crippen LogP contribution in [0.3, 0.4) is 0 Å². The van der Waals surface area contributed by atoms with Gasteiger partial charge in [0.15, 0.2) is 5.09 Å². The summed E-state index contributed by atoms with van der Waals surface area (Å²) < 4.78 is 6.34. The van der Waals surface area contributed by atoms with Crippen LogP contribution in [0.5, 0.6) is 0 Å². The Morgan fingerprint density at radius 1 is 1.50 bits per heavy atom. The van der Waals surface area contributed by atoms with E-state index in [0.717, 1.165) is 0 Å². The predicted octanol–water partition coefficient (Wildman–Crippen LogP) is 1.73. The number of carboxylic acids is 1. The van der Waals surface area contributed by atoms with Gasteiger partial charge in [-0.1, -0.05) is 23.1 Å². The van der Waals surface area contributed by atoms with Crippen LogP contribution in [0.4, 0.5) is 0 Å². The molecule has 0 saturated carbocycles. The number of carboxylic acid groups (broad SMARTS) is 1. The Morgan fingerprint density at radius 2 is 2.35 bits per heavy atom. The molecule has 7 nitrogen and oxygen atoms in total. The molecule has 0 saturated heterocycles. The molecule has 20 heavy (non-hydrogen) atoms. The van der Waals surface area contributed by atoms with E-state index < -0.39 is 5.97 Å². The maximum atomic E-state index is 11.7. The maximum absolute atomic E-state index is 11.7. The van der Waals surface area contributed by atoms with Crippen LogP contribution in [0.2, 0.25) is 0 Å². The minimum atomic E-state index is -1.11. The Balaban J connectivity index is 1.79. The number of aromatic carboxylic acids is 1. The molecule has 3 heterocycles. The molecule has 3 aromatic rings. The second-order valence-electron chi connectivity index (χ2n) is 3.73. The quantitative estimate of drug-likeness (QED) is 0.733. The summed E-state index contributed by atoms with van der Waals surface area (Å²) in [4.78, 5) is 27.2. The van der Waals surface area contributed by atoms with Crippen molar-refractivity contribution in [1.82, 2.24) is 14.6 Å². The first-order valence-corrected chi connectivity index (χ1v) is 7.28. The number of thioether (sulfide) groups is 1. The topological polar surface area (TPSA) is 97.7 Å². The Kier molecular flexibility index (Phi) is 3.28. The fraction of sp³-hybridized carbons (Fsp3) is 0.0909.